The fourth-order valence-electron chi connectivity index (χ4n) is 2.43. The van der Waals surface area contributed by atoms with Crippen LogP contribution in [0.15, 0.2) is 4.99 Å². The van der Waals surface area contributed by atoms with E-state index in [2.05, 4.69) is 29.1 Å². The molecule has 0 aromatic carbocycles. The summed E-state index contributed by atoms with van der Waals surface area (Å²) in [5.41, 5.74) is 0. The van der Waals surface area contributed by atoms with Crippen molar-refractivity contribution in [2.24, 2.45) is 16.8 Å². The topological polar surface area (TPSA) is 74.2 Å². The van der Waals surface area contributed by atoms with Gasteiger partial charge >= 0.3 is 5.97 Å². The van der Waals surface area contributed by atoms with E-state index >= 15 is 0 Å². The Kier molecular flexibility index (Phi) is 8.57. The van der Waals surface area contributed by atoms with Gasteiger partial charge in [0.05, 0.1) is 12.5 Å². The summed E-state index contributed by atoms with van der Waals surface area (Å²) in [6.45, 7) is 8.92. The van der Waals surface area contributed by atoms with Gasteiger partial charge in [-0.1, -0.05) is 13.8 Å². The summed E-state index contributed by atoms with van der Waals surface area (Å²) < 4.78 is 5.11. The average Bonchev–Trinajstić information content (AvgIpc) is 2.54. The number of likely N-dealkylation sites (tertiary alicyclic amines) is 1. The Bertz CT molecular complexity index is 441. The molecule has 0 spiro atoms. The van der Waals surface area contributed by atoms with Crippen molar-refractivity contribution in [3.63, 3.8) is 0 Å². The maximum atomic E-state index is 11.8. The van der Waals surface area contributed by atoms with Gasteiger partial charge in [0.25, 0.3) is 0 Å². The first-order valence-corrected chi connectivity index (χ1v) is 8.75. The maximum absolute atomic E-state index is 11.8. The van der Waals surface area contributed by atoms with Gasteiger partial charge in [-0.05, 0) is 25.7 Å². The minimum absolute atomic E-state index is 0.0275. The molecule has 0 radical (unpaired) electrons. The van der Waals surface area contributed by atoms with E-state index in [0.717, 1.165) is 38.4 Å². The monoisotopic (exact) mass is 340 g/mol. The van der Waals surface area contributed by atoms with Gasteiger partial charge in [0.15, 0.2) is 5.96 Å². The molecule has 138 valence electrons. The van der Waals surface area contributed by atoms with Crippen molar-refractivity contribution in [3.8, 4) is 0 Å². The van der Waals surface area contributed by atoms with E-state index in [0.29, 0.717) is 12.5 Å². The Hall–Kier alpha value is -1.79. The number of piperidine rings is 1. The molecule has 1 heterocycles. The average molecular weight is 340 g/mol. The number of hydrogen-bond acceptors (Lipinski definition) is 4. The van der Waals surface area contributed by atoms with Crippen LogP contribution in [0.5, 0.6) is 0 Å². The van der Waals surface area contributed by atoms with Crippen LogP contribution in [0.4, 0.5) is 0 Å². The zero-order valence-electron chi connectivity index (χ0n) is 15.7. The highest BCUT2D eigenvalue weighted by atomic mass is 16.5. The van der Waals surface area contributed by atoms with Gasteiger partial charge in [0.1, 0.15) is 6.54 Å². The smallest absolute Gasteiger partial charge is 0.309 e. The third-order valence-corrected chi connectivity index (χ3v) is 3.95. The maximum Gasteiger partial charge on any atom is 0.309 e. The van der Waals surface area contributed by atoms with Gasteiger partial charge in [-0.3, -0.25) is 9.59 Å². The van der Waals surface area contributed by atoms with Gasteiger partial charge in [-0.15, -0.1) is 0 Å². The van der Waals surface area contributed by atoms with Gasteiger partial charge in [-0.2, -0.15) is 0 Å². The molecule has 7 heteroatoms. The number of rotatable bonds is 6. The largest absolute Gasteiger partial charge is 0.466 e. The van der Waals surface area contributed by atoms with Gasteiger partial charge in [0, 0.05) is 33.7 Å². The molecule has 0 unspecified atom stereocenters. The Morgan fingerprint density at radius 1 is 1.29 bits per heavy atom. The number of nitrogens with one attached hydrogen (secondary N) is 1. The third-order valence-electron chi connectivity index (χ3n) is 3.95. The minimum Gasteiger partial charge on any atom is -0.466 e. The van der Waals surface area contributed by atoms with Crippen molar-refractivity contribution in [3.05, 3.63) is 0 Å². The van der Waals surface area contributed by atoms with Crippen LogP contribution in [0.1, 0.15) is 33.6 Å². The van der Waals surface area contributed by atoms with E-state index in [-0.39, 0.29) is 24.3 Å². The summed E-state index contributed by atoms with van der Waals surface area (Å²) in [7, 11) is 3.45. The number of guanidine groups is 1. The van der Waals surface area contributed by atoms with Crippen LogP contribution in [0.2, 0.25) is 0 Å². The first-order valence-electron chi connectivity index (χ1n) is 8.75. The molecule has 0 aromatic heterocycles. The quantitative estimate of drug-likeness (QED) is 0.443. The first-order chi connectivity index (χ1) is 11.3. The highest BCUT2D eigenvalue weighted by Crippen LogP contribution is 2.18. The summed E-state index contributed by atoms with van der Waals surface area (Å²) >= 11 is 0. The molecule has 0 aliphatic carbocycles. The number of amides is 1. The lowest BCUT2D eigenvalue weighted by Gasteiger charge is -2.33. The fraction of sp³-hybridized carbons (Fsp3) is 0.824. The Labute approximate surface area is 145 Å². The van der Waals surface area contributed by atoms with Crippen LogP contribution in [0.25, 0.3) is 0 Å². The van der Waals surface area contributed by atoms with Crippen molar-refractivity contribution >= 4 is 17.8 Å². The molecule has 0 atom stereocenters. The molecule has 1 amide bonds. The summed E-state index contributed by atoms with van der Waals surface area (Å²) in [4.78, 5) is 31.8. The van der Waals surface area contributed by atoms with Crippen molar-refractivity contribution in [1.29, 1.82) is 0 Å². The van der Waals surface area contributed by atoms with Gasteiger partial charge in [-0.25, -0.2) is 4.99 Å². The van der Waals surface area contributed by atoms with Crippen LogP contribution >= 0.6 is 0 Å². The summed E-state index contributed by atoms with van der Waals surface area (Å²) in [6.07, 6.45) is 1.51. The lowest BCUT2D eigenvalue weighted by atomic mass is 9.97. The van der Waals surface area contributed by atoms with Crippen molar-refractivity contribution in [2.75, 3.05) is 46.9 Å². The van der Waals surface area contributed by atoms with Gasteiger partial charge in [0.2, 0.25) is 5.91 Å². The lowest BCUT2D eigenvalue weighted by molar-refractivity contribution is -0.149. The minimum atomic E-state index is -0.103. The standard InChI is InChI=1S/C17H32N4O3/c1-6-24-16(23)14-7-9-21(10-8-14)17(18-11-13(2)3)19-12-15(22)20(4)5/h13-14H,6-12H2,1-5H3,(H,18,19). The number of esters is 1. The van der Waals surface area contributed by atoms with Gasteiger partial charge < -0.3 is 19.9 Å². The van der Waals surface area contributed by atoms with Crippen LogP contribution in [0, 0.1) is 11.8 Å². The predicted molar refractivity (Wildman–Crippen MR) is 94.8 cm³/mol. The second-order valence-corrected chi connectivity index (χ2v) is 6.72. The molecule has 0 aromatic rings. The Morgan fingerprint density at radius 3 is 2.42 bits per heavy atom. The molecule has 1 N–H and O–H groups in total. The highest BCUT2D eigenvalue weighted by molar-refractivity contribution is 5.85. The van der Waals surface area contributed by atoms with Crippen molar-refractivity contribution in [1.82, 2.24) is 15.1 Å². The summed E-state index contributed by atoms with van der Waals surface area (Å²) in [5, 5.41) is 3.34. The van der Waals surface area contributed by atoms with Crippen LogP contribution in [-0.2, 0) is 14.3 Å². The van der Waals surface area contributed by atoms with Crippen LogP contribution in [-0.4, -0.2) is 74.5 Å². The number of aliphatic imine (C=N–C) groups is 1. The van der Waals surface area contributed by atoms with E-state index in [1.54, 1.807) is 14.1 Å². The van der Waals surface area contributed by atoms with E-state index in [1.165, 1.54) is 4.90 Å². The summed E-state index contributed by atoms with van der Waals surface area (Å²) in [6, 6.07) is 0. The van der Waals surface area contributed by atoms with E-state index in [1.807, 2.05) is 6.92 Å². The van der Waals surface area contributed by atoms with Crippen molar-refractivity contribution < 1.29 is 14.3 Å². The molecule has 7 nitrogen and oxygen atoms in total. The number of ether oxygens (including phenoxy) is 1. The molecule has 1 rings (SSSR count). The zero-order valence-corrected chi connectivity index (χ0v) is 15.7. The molecule has 1 saturated heterocycles. The molecular weight excluding hydrogens is 308 g/mol. The number of nitrogens with zero attached hydrogens (tertiary/aromatic N) is 3. The molecule has 1 fully saturated rings. The van der Waals surface area contributed by atoms with E-state index < -0.39 is 0 Å². The third kappa shape index (κ3) is 6.76. The highest BCUT2D eigenvalue weighted by Gasteiger charge is 2.27. The normalized spacial score (nSPS) is 16.2. The molecule has 1 aliphatic rings. The number of likely N-dealkylation sites (N-methyl/N-ethyl adjacent to an activating group) is 1. The second-order valence-electron chi connectivity index (χ2n) is 6.72. The Morgan fingerprint density at radius 2 is 1.92 bits per heavy atom. The fourth-order valence-corrected chi connectivity index (χ4v) is 2.43. The Balaban J connectivity index is 2.65. The molecule has 1 aliphatic heterocycles. The zero-order chi connectivity index (χ0) is 18.1. The number of carbonyl (C=O) groups is 2. The van der Waals surface area contributed by atoms with Crippen LogP contribution < -0.4 is 5.32 Å². The molecular formula is C17H32N4O3. The predicted octanol–water partition coefficient (Wildman–Crippen LogP) is 0.951. The van der Waals surface area contributed by atoms with E-state index in [4.69, 9.17) is 4.74 Å². The second kappa shape index (κ2) is 10.2. The number of hydrogen-bond donors (Lipinski definition) is 1. The number of carbonyl (C=O) groups excluding carboxylic acids is 2. The molecule has 24 heavy (non-hydrogen) atoms. The molecule has 0 saturated carbocycles. The van der Waals surface area contributed by atoms with Crippen LogP contribution in [0.3, 0.4) is 0 Å². The van der Waals surface area contributed by atoms with E-state index in [9.17, 15) is 9.59 Å². The summed E-state index contributed by atoms with van der Waals surface area (Å²) in [5.74, 6) is 1.07. The lowest BCUT2D eigenvalue weighted by Crippen LogP contribution is -2.48. The van der Waals surface area contributed by atoms with Crippen molar-refractivity contribution in [2.45, 2.75) is 33.6 Å². The first kappa shape index (κ1) is 20.3. The SMILES string of the molecule is CCOC(=O)C1CCN(C(=NCC(=O)N(C)C)NCC(C)C)CC1. The molecule has 0 bridgehead atoms.